The molecule has 0 spiro atoms. The smallest absolute Gasteiger partial charge is 0.150 e. The van der Waals surface area contributed by atoms with E-state index in [1.165, 1.54) is 0 Å². The third-order valence-corrected chi connectivity index (χ3v) is 3.71. The van der Waals surface area contributed by atoms with E-state index in [-0.39, 0.29) is 12.4 Å². The molecule has 1 unspecified atom stereocenters. The molecule has 0 radical (unpaired) electrons. The fraction of sp³-hybridized carbons (Fsp3) is 0.571. The average Bonchev–Trinajstić information content (AvgIpc) is 2.23. The number of aliphatic hydroxyl groups excluding tert-OH is 1. The van der Waals surface area contributed by atoms with Crippen molar-refractivity contribution in [1.82, 2.24) is 0 Å². The van der Waals surface area contributed by atoms with E-state index in [2.05, 4.69) is 13.8 Å². The highest BCUT2D eigenvalue weighted by molar-refractivity contribution is 7.90. The second-order valence-corrected chi connectivity index (χ2v) is 7.44. The Kier molecular flexibility index (Phi) is 5.38. The van der Waals surface area contributed by atoms with Crippen LogP contribution in [0, 0.1) is 6.92 Å². The second-order valence-electron chi connectivity index (χ2n) is 5.25. The van der Waals surface area contributed by atoms with Crippen LogP contribution >= 0.6 is 0 Å². The molecule has 108 valence electrons. The van der Waals surface area contributed by atoms with Gasteiger partial charge in [0.05, 0.1) is 5.75 Å². The van der Waals surface area contributed by atoms with Crippen LogP contribution in [0.3, 0.4) is 0 Å². The Hall–Kier alpha value is -1.07. The Morgan fingerprint density at radius 3 is 2.47 bits per heavy atom. The quantitative estimate of drug-likeness (QED) is 0.867. The lowest BCUT2D eigenvalue weighted by Crippen LogP contribution is -2.26. The lowest BCUT2D eigenvalue weighted by Gasteiger charge is -2.17. The molecule has 0 aliphatic carbocycles. The van der Waals surface area contributed by atoms with Gasteiger partial charge in [0.1, 0.15) is 28.3 Å². The van der Waals surface area contributed by atoms with Crippen molar-refractivity contribution in [3.05, 3.63) is 29.3 Å². The molecule has 19 heavy (non-hydrogen) atoms. The molecule has 0 aromatic heterocycles. The Labute approximate surface area is 115 Å². The third-order valence-electron chi connectivity index (χ3n) is 2.72. The first-order valence-corrected chi connectivity index (χ1v) is 8.34. The van der Waals surface area contributed by atoms with E-state index in [0.29, 0.717) is 11.7 Å². The number of hydrogen-bond donors (Lipinski definition) is 1. The van der Waals surface area contributed by atoms with Gasteiger partial charge >= 0.3 is 0 Å². The lowest BCUT2D eigenvalue weighted by atomic mass is 10.0. The van der Waals surface area contributed by atoms with Gasteiger partial charge in [-0.2, -0.15) is 0 Å². The van der Waals surface area contributed by atoms with Gasteiger partial charge in [0.25, 0.3) is 0 Å². The summed E-state index contributed by atoms with van der Waals surface area (Å²) in [7, 11) is -3.19. The second kappa shape index (κ2) is 6.39. The van der Waals surface area contributed by atoms with E-state index in [1.54, 1.807) is 0 Å². The molecule has 4 nitrogen and oxygen atoms in total. The molecule has 1 atom stereocenters. The predicted octanol–water partition coefficient (Wildman–Crippen LogP) is 1.90. The van der Waals surface area contributed by atoms with Crippen molar-refractivity contribution in [2.45, 2.75) is 32.8 Å². The van der Waals surface area contributed by atoms with Crippen LogP contribution in [0.4, 0.5) is 0 Å². The first kappa shape index (κ1) is 16.0. The Morgan fingerprint density at radius 2 is 1.95 bits per heavy atom. The molecule has 0 aliphatic rings. The summed E-state index contributed by atoms with van der Waals surface area (Å²) >= 11 is 0. The maximum Gasteiger partial charge on any atom is 0.150 e. The summed E-state index contributed by atoms with van der Waals surface area (Å²) in [4.78, 5) is 0. The summed E-state index contributed by atoms with van der Waals surface area (Å²) in [6.07, 6.45) is 0.0955. The zero-order valence-electron chi connectivity index (χ0n) is 11.9. The van der Waals surface area contributed by atoms with E-state index in [4.69, 9.17) is 4.74 Å². The van der Waals surface area contributed by atoms with Crippen LogP contribution in [-0.4, -0.2) is 38.2 Å². The van der Waals surface area contributed by atoms with Crippen molar-refractivity contribution in [3.8, 4) is 5.75 Å². The first-order valence-electron chi connectivity index (χ1n) is 6.28. The van der Waals surface area contributed by atoms with E-state index in [9.17, 15) is 13.5 Å². The SMILES string of the molecule is Cc1ccc(C(C)C)c(OCC(O)CS(C)(=O)=O)c1. The summed E-state index contributed by atoms with van der Waals surface area (Å²) in [6.45, 7) is 6.06. The van der Waals surface area contributed by atoms with Gasteiger partial charge in [0, 0.05) is 6.26 Å². The van der Waals surface area contributed by atoms with Gasteiger partial charge in [-0.25, -0.2) is 8.42 Å². The summed E-state index contributed by atoms with van der Waals surface area (Å²) in [5.74, 6) is 0.737. The monoisotopic (exact) mass is 286 g/mol. The molecule has 5 heteroatoms. The van der Waals surface area contributed by atoms with Crippen LogP contribution in [-0.2, 0) is 9.84 Å². The van der Waals surface area contributed by atoms with Crippen molar-refractivity contribution in [1.29, 1.82) is 0 Å². The van der Waals surface area contributed by atoms with Crippen LogP contribution in [0.1, 0.15) is 30.9 Å². The van der Waals surface area contributed by atoms with Gasteiger partial charge in [-0.3, -0.25) is 0 Å². The number of hydrogen-bond acceptors (Lipinski definition) is 4. The lowest BCUT2D eigenvalue weighted by molar-refractivity contribution is 0.124. The normalized spacial score (nSPS) is 13.6. The molecule has 0 bridgehead atoms. The largest absolute Gasteiger partial charge is 0.491 e. The molecule has 0 amide bonds. The molecule has 0 aliphatic heterocycles. The first-order chi connectivity index (χ1) is 8.69. The van der Waals surface area contributed by atoms with E-state index in [0.717, 1.165) is 17.4 Å². The van der Waals surface area contributed by atoms with Crippen molar-refractivity contribution < 1.29 is 18.3 Å². The number of rotatable bonds is 6. The fourth-order valence-corrected chi connectivity index (χ4v) is 2.62. The number of sulfone groups is 1. The third kappa shape index (κ3) is 5.61. The zero-order valence-corrected chi connectivity index (χ0v) is 12.7. The Bertz CT molecular complexity index is 520. The zero-order chi connectivity index (χ0) is 14.6. The molecule has 1 rings (SSSR count). The molecule has 0 saturated carbocycles. The van der Waals surface area contributed by atoms with Crippen LogP contribution < -0.4 is 4.74 Å². The Balaban J connectivity index is 2.74. The minimum Gasteiger partial charge on any atom is -0.491 e. The number of benzene rings is 1. The van der Waals surface area contributed by atoms with Gasteiger partial charge in [0.15, 0.2) is 0 Å². The number of aryl methyl sites for hydroxylation is 1. The van der Waals surface area contributed by atoms with E-state index >= 15 is 0 Å². The van der Waals surface area contributed by atoms with Gasteiger partial charge in [0.2, 0.25) is 0 Å². The van der Waals surface area contributed by atoms with Crippen LogP contribution in [0.5, 0.6) is 5.75 Å². The van der Waals surface area contributed by atoms with Crippen molar-refractivity contribution in [3.63, 3.8) is 0 Å². The molecular formula is C14H22O4S. The predicted molar refractivity (Wildman–Crippen MR) is 76.5 cm³/mol. The molecule has 1 aromatic carbocycles. The summed E-state index contributed by atoms with van der Waals surface area (Å²) < 4.78 is 27.7. The highest BCUT2D eigenvalue weighted by Gasteiger charge is 2.15. The van der Waals surface area contributed by atoms with Crippen molar-refractivity contribution in [2.24, 2.45) is 0 Å². The Morgan fingerprint density at radius 1 is 1.32 bits per heavy atom. The highest BCUT2D eigenvalue weighted by atomic mass is 32.2. The van der Waals surface area contributed by atoms with Crippen molar-refractivity contribution in [2.75, 3.05) is 18.6 Å². The average molecular weight is 286 g/mol. The molecule has 1 N–H and O–H groups in total. The maximum absolute atomic E-state index is 11.1. The van der Waals surface area contributed by atoms with Gasteiger partial charge in [-0.15, -0.1) is 0 Å². The molecular weight excluding hydrogens is 264 g/mol. The van der Waals surface area contributed by atoms with Gasteiger partial charge < -0.3 is 9.84 Å². The molecule has 0 fully saturated rings. The van der Waals surface area contributed by atoms with E-state index in [1.807, 2.05) is 25.1 Å². The number of ether oxygens (including phenoxy) is 1. The standard InChI is InChI=1S/C14H22O4S/c1-10(2)13-6-5-11(3)7-14(13)18-8-12(15)9-19(4,16)17/h5-7,10,12,15H,8-9H2,1-4H3. The van der Waals surface area contributed by atoms with Crippen LogP contribution in [0.25, 0.3) is 0 Å². The summed E-state index contributed by atoms with van der Waals surface area (Å²) in [6, 6.07) is 5.91. The number of aliphatic hydroxyl groups is 1. The molecule has 1 aromatic rings. The van der Waals surface area contributed by atoms with Crippen molar-refractivity contribution >= 4 is 9.84 Å². The van der Waals surface area contributed by atoms with Crippen LogP contribution in [0.15, 0.2) is 18.2 Å². The van der Waals surface area contributed by atoms with E-state index < -0.39 is 15.9 Å². The minimum absolute atomic E-state index is 0.0176. The highest BCUT2D eigenvalue weighted by Crippen LogP contribution is 2.27. The van der Waals surface area contributed by atoms with Gasteiger partial charge in [-0.05, 0) is 30.0 Å². The fourth-order valence-electron chi connectivity index (χ4n) is 1.83. The maximum atomic E-state index is 11.1. The molecule has 0 saturated heterocycles. The minimum atomic E-state index is -3.19. The topological polar surface area (TPSA) is 63.6 Å². The summed E-state index contributed by atoms with van der Waals surface area (Å²) in [5, 5.41) is 9.64. The summed E-state index contributed by atoms with van der Waals surface area (Å²) in [5.41, 5.74) is 2.12. The van der Waals surface area contributed by atoms with Crippen LogP contribution in [0.2, 0.25) is 0 Å². The van der Waals surface area contributed by atoms with Gasteiger partial charge in [-0.1, -0.05) is 26.0 Å². The molecule has 0 heterocycles.